The third kappa shape index (κ3) is 0.254. The second-order valence-electron chi connectivity index (χ2n) is 1.65. The quantitative estimate of drug-likeness (QED) is 0.404. The lowest BCUT2D eigenvalue weighted by molar-refractivity contribution is 1.06. The van der Waals surface area contributed by atoms with Gasteiger partial charge in [-0.05, 0) is 0 Å². The molecule has 0 aromatic rings. The molecular formula is C4H5NS. The standard InChI is InChI=1S/C4H5NS/c1-3-4(6-3)2-5-1/h1,3-4H,2H2. The third-order valence-electron chi connectivity index (χ3n) is 1.16. The predicted octanol–water partition coefficient (Wildman–Crippen LogP) is 0.555. The molecule has 0 aliphatic carbocycles. The van der Waals surface area contributed by atoms with Gasteiger partial charge in [0, 0.05) is 11.5 Å². The molecule has 2 heteroatoms. The van der Waals surface area contributed by atoms with E-state index in [1.807, 2.05) is 11.8 Å². The van der Waals surface area contributed by atoms with Gasteiger partial charge in [0.2, 0.25) is 0 Å². The summed E-state index contributed by atoms with van der Waals surface area (Å²) < 4.78 is 0. The summed E-state index contributed by atoms with van der Waals surface area (Å²) >= 11 is 2.03. The highest BCUT2D eigenvalue weighted by molar-refractivity contribution is 8.08. The number of nitrogens with zero attached hydrogens (tertiary/aromatic N) is 1. The van der Waals surface area contributed by atoms with Gasteiger partial charge in [-0.3, -0.25) is 4.99 Å². The van der Waals surface area contributed by atoms with E-state index >= 15 is 0 Å². The highest BCUT2D eigenvalue weighted by atomic mass is 32.2. The molecule has 2 aliphatic rings. The van der Waals surface area contributed by atoms with Crippen LogP contribution < -0.4 is 0 Å². The van der Waals surface area contributed by atoms with Crippen molar-refractivity contribution in [2.24, 2.45) is 4.99 Å². The van der Waals surface area contributed by atoms with Crippen LogP contribution in [-0.4, -0.2) is 23.3 Å². The second-order valence-corrected chi connectivity index (χ2v) is 3.08. The average Bonchev–Trinajstić information content (AvgIpc) is 2.17. The molecule has 1 fully saturated rings. The van der Waals surface area contributed by atoms with Crippen molar-refractivity contribution in [1.29, 1.82) is 0 Å². The molecule has 0 aromatic carbocycles. The maximum absolute atomic E-state index is 4.07. The van der Waals surface area contributed by atoms with Crippen molar-refractivity contribution in [3.63, 3.8) is 0 Å². The van der Waals surface area contributed by atoms with Gasteiger partial charge < -0.3 is 0 Å². The van der Waals surface area contributed by atoms with E-state index in [1.54, 1.807) is 0 Å². The topological polar surface area (TPSA) is 12.4 Å². The van der Waals surface area contributed by atoms with Crippen LogP contribution in [0.5, 0.6) is 0 Å². The van der Waals surface area contributed by atoms with E-state index in [9.17, 15) is 0 Å². The molecule has 1 saturated heterocycles. The monoisotopic (exact) mass is 99.0 g/mol. The van der Waals surface area contributed by atoms with Crippen LogP contribution >= 0.6 is 11.8 Å². The SMILES string of the molecule is C1=NCC2SC12. The van der Waals surface area contributed by atoms with Crippen molar-refractivity contribution in [2.75, 3.05) is 6.54 Å². The van der Waals surface area contributed by atoms with Crippen LogP contribution in [0.4, 0.5) is 0 Å². The Balaban J connectivity index is 2.26. The van der Waals surface area contributed by atoms with E-state index in [0.717, 1.165) is 17.0 Å². The van der Waals surface area contributed by atoms with Crippen molar-refractivity contribution in [2.45, 2.75) is 10.5 Å². The van der Waals surface area contributed by atoms with Crippen LogP contribution in [0, 0.1) is 0 Å². The molecule has 2 rings (SSSR count). The van der Waals surface area contributed by atoms with Gasteiger partial charge in [-0.2, -0.15) is 0 Å². The lowest BCUT2D eigenvalue weighted by Gasteiger charge is -1.72. The second kappa shape index (κ2) is 0.808. The minimum Gasteiger partial charge on any atom is -0.295 e. The molecule has 6 heavy (non-hydrogen) atoms. The van der Waals surface area contributed by atoms with Crippen molar-refractivity contribution < 1.29 is 0 Å². The van der Waals surface area contributed by atoms with Crippen LogP contribution in [0.15, 0.2) is 4.99 Å². The molecule has 2 aliphatic heterocycles. The fourth-order valence-corrected chi connectivity index (χ4v) is 1.50. The molecule has 2 unspecified atom stereocenters. The molecule has 0 saturated carbocycles. The van der Waals surface area contributed by atoms with Crippen LogP contribution in [0.1, 0.15) is 0 Å². The van der Waals surface area contributed by atoms with E-state index in [2.05, 4.69) is 11.2 Å². The fourth-order valence-electron chi connectivity index (χ4n) is 0.703. The Morgan fingerprint density at radius 3 is 3.00 bits per heavy atom. The predicted molar refractivity (Wildman–Crippen MR) is 28.5 cm³/mol. The number of rotatable bonds is 0. The molecule has 0 spiro atoms. The summed E-state index contributed by atoms with van der Waals surface area (Å²) in [6, 6.07) is 0. The Kier molecular flexibility index (Phi) is 0.415. The summed E-state index contributed by atoms with van der Waals surface area (Å²) in [6.45, 7) is 1.09. The fraction of sp³-hybridized carbons (Fsp3) is 0.750. The first-order valence-electron chi connectivity index (χ1n) is 2.12. The Labute approximate surface area is 40.8 Å². The van der Waals surface area contributed by atoms with Gasteiger partial charge in [-0.1, -0.05) is 0 Å². The Hall–Kier alpha value is 0.0200. The molecule has 1 nitrogen and oxygen atoms in total. The number of aliphatic imine (C=N–C) groups is 1. The van der Waals surface area contributed by atoms with Crippen LogP contribution in [0.2, 0.25) is 0 Å². The van der Waals surface area contributed by atoms with Crippen molar-refractivity contribution in [1.82, 2.24) is 0 Å². The first-order chi connectivity index (χ1) is 2.97. The summed E-state index contributed by atoms with van der Waals surface area (Å²) in [5.41, 5.74) is 0. The highest BCUT2D eigenvalue weighted by Crippen LogP contribution is 2.42. The number of hydrogen-bond acceptors (Lipinski definition) is 2. The molecule has 2 heterocycles. The Bertz CT molecular complexity index is 99.7. The van der Waals surface area contributed by atoms with E-state index in [0.29, 0.717) is 0 Å². The van der Waals surface area contributed by atoms with Crippen molar-refractivity contribution in [3.05, 3.63) is 0 Å². The van der Waals surface area contributed by atoms with Crippen LogP contribution in [0.3, 0.4) is 0 Å². The molecule has 32 valence electrons. The maximum atomic E-state index is 4.07. The molecule has 0 N–H and O–H groups in total. The maximum Gasteiger partial charge on any atom is 0.0537 e. The third-order valence-corrected chi connectivity index (χ3v) is 2.40. The first kappa shape index (κ1) is 3.08. The zero-order valence-electron chi connectivity index (χ0n) is 3.29. The molecule has 2 atom stereocenters. The van der Waals surface area contributed by atoms with E-state index < -0.39 is 0 Å². The molecule has 0 bridgehead atoms. The summed E-state index contributed by atoms with van der Waals surface area (Å²) in [5, 5.41) is 1.75. The summed E-state index contributed by atoms with van der Waals surface area (Å²) in [7, 11) is 0. The van der Waals surface area contributed by atoms with Gasteiger partial charge in [-0.25, -0.2) is 0 Å². The van der Waals surface area contributed by atoms with Crippen LogP contribution in [0.25, 0.3) is 0 Å². The average molecular weight is 99.2 g/mol. The zero-order valence-corrected chi connectivity index (χ0v) is 4.11. The van der Waals surface area contributed by atoms with E-state index in [-0.39, 0.29) is 0 Å². The van der Waals surface area contributed by atoms with Gasteiger partial charge in [0.05, 0.1) is 11.8 Å². The van der Waals surface area contributed by atoms with E-state index in [1.165, 1.54) is 0 Å². The lowest BCUT2D eigenvalue weighted by Crippen LogP contribution is -1.84. The molecule has 0 aromatic heterocycles. The molecular weight excluding hydrogens is 94.1 g/mol. The Morgan fingerprint density at radius 2 is 2.83 bits per heavy atom. The Morgan fingerprint density at radius 1 is 1.83 bits per heavy atom. The smallest absolute Gasteiger partial charge is 0.0537 e. The summed E-state index contributed by atoms with van der Waals surface area (Å²) in [6.07, 6.45) is 2.06. The summed E-state index contributed by atoms with van der Waals surface area (Å²) in [4.78, 5) is 4.07. The van der Waals surface area contributed by atoms with Gasteiger partial charge in [0.1, 0.15) is 0 Å². The minimum absolute atomic E-state index is 0.838. The van der Waals surface area contributed by atoms with Gasteiger partial charge in [-0.15, -0.1) is 11.8 Å². The number of thioether (sulfide) groups is 1. The molecule has 0 amide bonds. The molecule has 0 radical (unpaired) electrons. The highest BCUT2D eigenvalue weighted by Gasteiger charge is 2.39. The number of hydrogen-bond donors (Lipinski definition) is 0. The van der Waals surface area contributed by atoms with Gasteiger partial charge >= 0.3 is 0 Å². The normalized spacial score (nSPS) is 49.3. The van der Waals surface area contributed by atoms with Gasteiger partial charge in [0.25, 0.3) is 0 Å². The lowest BCUT2D eigenvalue weighted by atomic mass is 10.4. The van der Waals surface area contributed by atoms with E-state index in [4.69, 9.17) is 0 Å². The van der Waals surface area contributed by atoms with Crippen LogP contribution in [-0.2, 0) is 0 Å². The number of fused-ring (bicyclic) bond motifs is 1. The summed E-state index contributed by atoms with van der Waals surface area (Å²) in [5.74, 6) is 0. The van der Waals surface area contributed by atoms with Crippen molar-refractivity contribution in [3.8, 4) is 0 Å². The first-order valence-corrected chi connectivity index (χ1v) is 3.06. The van der Waals surface area contributed by atoms with Crippen molar-refractivity contribution >= 4 is 18.0 Å². The zero-order chi connectivity index (χ0) is 3.98. The minimum atomic E-state index is 0.838. The van der Waals surface area contributed by atoms with Gasteiger partial charge in [0.15, 0.2) is 0 Å². The largest absolute Gasteiger partial charge is 0.295 e.